The van der Waals surface area contributed by atoms with Crippen LogP contribution in [0.5, 0.6) is 17.2 Å². The van der Waals surface area contributed by atoms with Crippen LogP contribution in [0.2, 0.25) is 0 Å². The number of nitrogens with zero attached hydrogens (tertiary/aromatic N) is 1. The van der Waals surface area contributed by atoms with Crippen molar-refractivity contribution in [1.29, 1.82) is 0 Å². The fourth-order valence-electron chi connectivity index (χ4n) is 2.96. The zero-order valence-corrected chi connectivity index (χ0v) is 17.8. The van der Waals surface area contributed by atoms with Crippen molar-refractivity contribution >= 4 is 22.0 Å². The Morgan fingerprint density at radius 2 is 2.00 bits per heavy atom. The Bertz CT molecular complexity index is 1050. The number of carbonyl (C=O) groups is 1. The van der Waals surface area contributed by atoms with Crippen LogP contribution in [-0.2, 0) is 14.8 Å². The summed E-state index contributed by atoms with van der Waals surface area (Å²) < 4.78 is 43.3. The van der Waals surface area contributed by atoms with Gasteiger partial charge in [-0.2, -0.15) is 0 Å². The molecule has 2 aromatic rings. The lowest BCUT2D eigenvalue weighted by Crippen LogP contribution is -2.41. The van der Waals surface area contributed by atoms with Crippen molar-refractivity contribution in [3.8, 4) is 17.2 Å². The molecule has 3 rings (SSSR count). The number of carbonyl (C=O) groups excluding carboxylic acids is 1. The molecule has 1 N–H and O–H groups in total. The van der Waals surface area contributed by atoms with Crippen molar-refractivity contribution in [2.75, 3.05) is 34.4 Å². The first kappa shape index (κ1) is 21.7. The molecule has 30 heavy (non-hydrogen) atoms. The predicted octanol–water partition coefficient (Wildman–Crippen LogP) is 1.91. The zero-order valence-electron chi connectivity index (χ0n) is 17.0. The molecule has 0 spiro atoms. The molecular formula is C21H24N2O6S. The molecule has 0 bridgehead atoms. The standard InChI is InChI=1S/C21H24N2O6S/c1-22-30(25,26)20-12-15(8-10-19(20)27-3)9-11-21(24)23(2)13-16-14-28-17-6-4-5-7-18(17)29-16/h4-12,16,22H,13-14H2,1-3H3. The van der Waals surface area contributed by atoms with E-state index in [0.29, 0.717) is 30.2 Å². The zero-order chi connectivity index (χ0) is 21.7. The number of nitrogens with one attached hydrogen (secondary N) is 1. The van der Waals surface area contributed by atoms with Crippen LogP contribution >= 0.6 is 0 Å². The van der Waals surface area contributed by atoms with Gasteiger partial charge in [-0.05, 0) is 43.0 Å². The molecule has 0 aliphatic carbocycles. The lowest BCUT2D eigenvalue weighted by molar-refractivity contribution is -0.126. The van der Waals surface area contributed by atoms with Crippen LogP contribution in [0.3, 0.4) is 0 Å². The maximum absolute atomic E-state index is 12.5. The molecule has 1 aliphatic rings. The fourth-order valence-corrected chi connectivity index (χ4v) is 3.89. The number of ether oxygens (including phenoxy) is 3. The van der Waals surface area contributed by atoms with Gasteiger partial charge in [-0.3, -0.25) is 4.79 Å². The van der Waals surface area contributed by atoms with Gasteiger partial charge in [0, 0.05) is 13.1 Å². The van der Waals surface area contributed by atoms with E-state index in [1.54, 1.807) is 25.3 Å². The van der Waals surface area contributed by atoms with E-state index >= 15 is 0 Å². The van der Waals surface area contributed by atoms with Crippen LogP contribution in [0, 0.1) is 0 Å². The van der Waals surface area contributed by atoms with Gasteiger partial charge in [0.25, 0.3) is 0 Å². The molecule has 1 aliphatic heterocycles. The molecule has 1 atom stereocenters. The first-order valence-electron chi connectivity index (χ1n) is 9.27. The average molecular weight is 432 g/mol. The highest BCUT2D eigenvalue weighted by Gasteiger charge is 2.23. The van der Waals surface area contributed by atoms with E-state index in [4.69, 9.17) is 14.2 Å². The van der Waals surface area contributed by atoms with Crippen molar-refractivity contribution in [1.82, 2.24) is 9.62 Å². The molecule has 1 amide bonds. The third-order valence-electron chi connectivity index (χ3n) is 4.59. The van der Waals surface area contributed by atoms with Crippen molar-refractivity contribution < 1.29 is 27.4 Å². The largest absolute Gasteiger partial charge is 0.495 e. The van der Waals surface area contributed by atoms with Crippen molar-refractivity contribution in [2.45, 2.75) is 11.0 Å². The molecule has 2 aromatic carbocycles. The predicted molar refractivity (Wildman–Crippen MR) is 112 cm³/mol. The molecule has 9 heteroatoms. The Morgan fingerprint density at radius 3 is 2.70 bits per heavy atom. The minimum absolute atomic E-state index is 0.00173. The van der Waals surface area contributed by atoms with Crippen LogP contribution in [0.15, 0.2) is 53.4 Å². The Balaban J connectivity index is 1.66. The van der Waals surface area contributed by atoms with E-state index in [9.17, 15) is 13.2 Å². The average Bonchev–Trinajstić information content (AvgIpc) is 2.77. The number of hydrogen-bond donors (Lipinski definition) is 1. The summed E-state index contributed by atoms with van der Waals surface area (Å²) in [6.45, 7) is 0.696. The molecule has 0 fully saturated rings. The number of hydrogen-bond acceptors (Lipinski definition) is 6. The van der Waals surface area contributed by atoms with Gasteiger partial charge in [-0.25, -0.2) is 13.1 Å². The topological polar surface area (TPSA) is 94.2 Å². The van der Waals surface area contributed by atoms with Gasteiger partial charge in [0.05, 0.1) is 13.7 Å². The summed E-state index contributed by atoms with van der Waals surface area (Å²) in [6.07, 6.45) is 2.66. The highest BCUT2D eigenvalue weighted by molar-refractivity contribution is 7.89. The van der Waals surface area contributed by atoms with Crippen molar-refractivity contribution in [3.05, 3.63) is 54.1 Å². The number of benzene rings is 2. The highest BCUT2D eigenvalue weighted by atomic mass is 32.2. The van der Waals surface area contributed by atoms with E-state index in [2.05, 4.69) is 4.72 Å². The summed E-state index contributed by atoms with van der Waals surface area (Å²) in [5, 5.41) is 0. The van der Waals surface area contributed by atoms with Crippen LogP contribution in [0.4, 0.5) is 0 Å². The SMILES string of the molecule is CNS(=O)(=O)c1cc(C=CC(=O)N(C)CC2COc3ccccc3O2)ccc1OC. The molecule has 0 radical (unpaired) electrons. The smallest absolute Gasteiger partial charge is 0.246 e. The van der Waals surface area contributed by atoms with E-state index < -0.39 is 10.0 Å². The van der Waals surface area contributed by atoms with Gasteiger partial charge in [0.15, 0.2) is 17.6 Å². The number of rotatable bonds is 7. The quantitative estimate of drug-likeness (QED) is 0.672. The first-order valence-corrected chi connectivity index (χ1v) is 10.8. The van der Waals surface area contributed by atoms with Gasteiger partial charge in [0.1, 0.15) is 17.3 Å². The minimum Gasteiger partial charge on any atom is -0.495 e. The number of methoxy groups -OCH3 is 1. The summed E-state index contributed by atoms with van der Waals surface area (Å²) >= 11 is 0. The number of amides is 1. The Labute approximate surface area is 176 Å². The number of fused-ring (bicyclic) bond motifs is 1. The second-order valence-corrected chi connectivity index (χ2v) is 8.52. The van der Waals surface area contributed by atoms with Gasteiger partial charge >= 0.3 is 0 Å². The lowest BCUT2D eigenvalue weighted by Gasteiger charge is -2.29. The van der Waals surface area contributed by atoms with Gasteiger partial charge in [-0.1, -0.05) is 18.2 Å². The molecule has 8 nitrogen and oxygen atoms in total. The summed E-state index contributed by atoms with van der Waals surface area (Å²) in [7, 11) is 0.692. The van der Waals surface area contributed by atoms with Crippen molar-refractivity contribution in [3.63, 3.8) is 0 Å². The van der Waals surface area contributed by atoms with Crippen LogP contribution in [0.25, 0.3) is 6.08 Å². The molecule has 0 aromatic heterocycles. The monoisotopic (exact) mass is 432 g/mol. The maximum atomic E-state index is 12.5. The minimum atomic E-state index is -3.70. The number of sulfonamides is 1. The van der Waals surface area contributed by atoms with Crippen LogP contribution in [0.1, 0.15) is 5.56 Å². The number of para-hydroxylation sites is 2. The van der Waals surface area contributed by atoms with Crippen LogP contribution < -0.4 is 18.9 Å². The molecule has 1 heterocycles. The Hall–Kier alpha value is -3.04. The molecule has 160 valence electrons. The molecule has 1 unspecified atom stereocenters. The summed E-state index contributed by atoms with van der Waals surface area (Å²) in [5.41, 5.74) is 0.553. The van der Waals surface area contributed by atoms with E-state index in [1.807, 2.05) is 24.3 Å². The van der Waals surface area contributed by atoms with E-state index in [1.165, 1.54) is 31.2 Å². The Kier molecular flexibility index (Phi) is 6.63. The Morgan fingerprint density at radius 1 is 1.27 bits per heavy atom. The highest BCUT2D eigenvalue weighted by Crippen LogP contribution is 2.31. The number of likely N-dealkylation sites (N-methyl/N-ethyl adjacent to an activating group) is 1. The molecule has 0 saturated carbocycles. The van der Waals surface area contributed by atoms with E-state index in [0.717, 1.165) is 0 Å². The molecule has 0 saturated heterocycles. The summed E-state index contributed by atoms with van der Waals surface area (Å²) in [6, 6.07) is 12.1. The maximum Gasteiger partial charge on any atom is 0.246 e. The third kappa shape index (κ3) is 4.92. The first-order chi connectivity index (χ1) is 14.3. The molecular weight excluding hydrogens is 408 g/mol. The fraction of sp³-hybridized carbons (Fsp3) is 0.286. The lowest BCUT2D eigenvalue weighted by atomic mass is 10.2. The second kappa shape index (κ2) is 9.19. The van der Waals surface area contributed by atoms with Gasteiger partial charge in [-0.15, -0.1) is 0 Å². The third-order valence-corrected chi connectivity index (χ3v) is 6.02. The van der Waals surface area contributed by atoms with Crippen molar-refractivity contribution in [2.24, 2.45) is 0 Å². The summed E-state index contributed by atoms with van der Waals surface area (Å²) in [4.78, 5) is 14.0. The van der Waals surface area contributed by atoms with E-state index in [-0.39, 0.29) is 22.7 Å². The van der Waals surface area contributed by atoms with Gasteiger partial charge in [0.2, 0.25) is 15.9 Å². The second-order valence-electron chi connectivity index (χ2n) is 6.67. The summed E-state index contributed by atoms with van der Waals surface area (Å²) in [5.74, 6) is 1.32. The van der Waals surface area contributed by atoms with Crippen LogP contribution in [-0.4, -0.2) is 59.7 Å². The van der Waals surface area contributed by atoms with Gasteiger partial charge < -0.3 is 19.1 Å². The normalized spacial score (nSPS) is 15.8.